The van der Waals surface area contributed by atoms with Gasteiger partial charge in [0.2, 0.25) is 0 Å². The number of carbonyl (C=O) groups excluding carboxylic acids is 1. The Morgan fingerprint density at radius 3 is 2.70 bits per heavy atom. The van der Waals surface area contributed by atoms with Crippen LogP contribution in [0.25, 0.3) is 0 Å². The van der Waals surface area contributed by atoms with E-state index in [0.29, 0.717) is 23.9 Å². The lowest BCUT2D eigenvalue weighted by molar-refractivity contribution is -0.140. The number of nitrogens with zero attached hydrogens (tertiary/aromatic N) is 2. The monoisotopic (exact) mass is 402 g/mol. The van der Waals surface area contributed by atoms with Gasteiger partial charge in [0.15, 0.2) is 10.8 Å². The molecule has 4 nitrogen and oxygen atoms in total. The molecular weight excluding hydrogens is 380 g/mol. The van der Waals surface area contributed by atoms with E-state index in [1.807, 2.05) is 6.07 Å². The number of amidine groups is 1. The van der Waals surface area contributed by atoms with Crippen LogP contribution in [0.4, 0.5) is 0 Å². The molecule has 0 N–H and O–H groups in total. The Morgan fingerprint density at radius 2 is 2.00 bits per heavy atom. The van der Waals surface area contributed by atoms with Crippen LogP contribution >= 0.6 is 23.4 Å². The predicted octanol–water partition coefficient (Wildman–Crippen LogP) is 4.94. The number of halogens is 1. The van der Waals surface area contributed by atoms with Gasteiger partial charge in [-0.25, -0.2) is 0 Å². The van der Waals surface area contributed by atoms with Crippen molar-refractivity contribution in [1.82, 2.24) is 4.90 Å². The summed E-state index contributed by atoms with van der Waals surface area (Å²) in [5.74, 6) is 1.30. The summed E-state index contributed by atoms with van der Waals surface area (Å²) in [7, 11) is 0. The van der Waals surface area contributed by atoms with E-state index in [2.05, 4.69) is 30.1 Å². The van der Waals surface area contributed by atoms with E-state index in [1.165, 1.54) is 11.1 Å². The minimum Gasteiger partial charge on any atom is -0.478 e. The van der Waals surface area contributed by atoms with E-state index in [0.717, 1.165) is 10.9 Å². The number of aliphatic imine (C=N–C) groups is 1. The average Bonchev–Trinajstić information content (AvgIpc) is 3.09. The van der Waals surface area contributed by atoms with E-state index in [1.54, 1.807) is 54.8 Å². The van der Waals surface area contributed by atoms with Crippen molar-refractivity contribution >= 4 is 34.4 Å². The van der Waals surface area contributed by atoms with Gasteiger partial charge in [-0.1, -0.05) is 53.2 Å². The van der Waals surface area contributed by atoms with Crippen LogP contribution in [0.5, 0.6) is 5.75 Å². The number of ether oxygens (including phenoxy) is 1. The summed E-state index contributed by atoms with van der Waals surface area (Å²) in [5, 5.41) is 1.39. The molecule has 0 saturated carbocycles. The number of amides is 1. The van der Waals surface area contributed by atoms with Crippen LogP contribution in [-0.4, -0.2) is 34.7 Å². The van der Waals surface area contributed by atoms with Crippen molar-refractivity contribution in [2.45, 2.75) is 32.1 Å². The third kappa shape index (κ3) is 5.05. The van der Waals surface area contributed by atoms with Crippen molar-refractivity contribution in [1.29, 1.82) is 0 Å². The van der Waals surface area contributed by atoms with Crippen LogP contribution in [0.1, 0.15) is 25.0 Å². The third-order valence-electron chi connectivity index (χ3n) is 4.20. The minimum atomic E-state index is -0.997. The molecular formula is C21H23ClN2O2S. The third-order valence-corrected chi connectivity index (χ3v) is 5.54. The smallest absolute Gasteiger partial charge is 0.272 e. The van der Waals surface area contributed by atoms with E-state index in [4.69, 9.17) is 16.3 Å². The van der Waals surface area contributed by atoms with Crippen LogP contribution in [0.15, 0.2) is 53.5 Å². The van der Waals surface area contributed by atoms with Gasteiger partial charge >= 0.3 is 0 Å². The molecule has 0 atom stereocenters. The van der Waals surface area contributed by atoms with E-state index < -0.39 is 5.60 Å². The lowest BCUT2D eigenvalue weighted by atomic mass is 10.1. The Labute approximate surface area is 169 Å². The average molecular weight is 403 g/mol. The van der Waals surface area contributed by atoms with Gasteiger partial charge in [0, 0.05) is 17.3 Å². The van der Waals surface area contributed by atoms with Gasteiger partial charge < -0.3 is 4.74 Å². The highest BCUT2D eigenvalue weighted by molar-refractivity contribution is 8.13. The SMILES string of the molecule is Cc1cccc(CSC2=NCCN2C(=O)C(C)(C)Oc2ccc(Cl)cc2)c1. The topological polar surface area (TPSA) is 41.9 Å². The summed E-state index contributed by atoms with van der Waals surface area (Å²) in [6.45, 7) is 6.85. The molecule has 27 heavy (non-hydrogen) atoms. The second-order valence-corrected chi connectivity index (χ2v) is 8.34. The quantitative estimate of drug-likeness (QED) is 0.711. The molecule has 1 heterocycles. The maximum absolute atomic E-state index is 13.1. The molecule has 0 bridgehead atoms. The maximum Gasteiger partial charge on any atom is 0.272 e. The number of rotatable bonds is 5. The molecule has 1 amide bonds. The Morgan fingerprint density at radius 1 is 1.26 bits per heavy atom. The molecule has 1 aliphatic rings. The van der Waals surface area contributed by atoms with Crippen molar-refractivity contribution in [3.05, 3.63) is 64.7 Å². The Balaban J connectivity index is 1.65. The molecule has 2 aromatic rings. The number of thioether (sulfide) groups is 1. The highest BCUT2D eigenvalue weighted by Gasteiger charge is 2.37. The first kappa shape index (κ1) is 19.8. The molecule has 0 aromatic heterocycles. The summed E-state index contributed by atoms with van der Waals surface area (Å²) in [6.07, 6.45) is 0. The Kier molecular flexibility index (Phi) is 6.12. The van der Waals surface area contributed by atoms with Gasteiger partial charge in [-0.3, -0.25) is 14.7 Å². The van der Waals surface area contributed by atoms with E-state index in [9.17, 15) is 4.79 Å². The summed E-state index contributed by atoms with van der Waals surface area (Å²) < 4.78 is 5.94. The summed E-state index contributed by atoms with van der Waals surface area (Å²) in [5.41, 5.74) is 1.45. The van der Waals surface area contributed by atoms with Gasteiger partial charge in [0.05, 0.1) is 6.54 Å². The number of aryl methyl sites for hydroxylation is 1. The molecule has 0 saturated heterocycles. The molecule has 1 aliphatic heterocycles. The van der Waals surface area contributed by atoms with Gasteiger partial charge in [-0.05, 0) is 50.6 Å². The zero-order valence-corrected chi connectivity index (χ0v) is 17.3. The zero-order chi connectivity index (χ0) is 19.4. The molecule has 0 fully saturated rings. The second-order valence-electron chi connectivity index (χ2n) is 6.97. The van der Waals surface area contributed by atoms with Crippen molar-refractivity contribution in [2.75, 3.05) is 13.1 Å². The normalized spacial score (nSPS) is 14.2. The molecule has 0 spiro atoms. The maximum atomic E-state index is 13.1. The standard InChI is InChI=1S/C21H23ClN2O2S/c1-15-5-4-6-16(13-15)14-27-20-23-11-12-24(20)19(25)21(2,3)26-18-9-7-17(22)8-10-18/h4-10,13H,11-12,14H2,1-3H3. The van der Waals surface area contributed by atoms with Crippen LogP contribution < -0.4 is 4.74 Å². The fraction of sp³-hybridized carbons (Fsp3) is 0.333. The number of benzene rings is 2. The fourth-order valence-corrected chi connectivity index (χ4v) is 3.97. The largest absolute Gasteiger partial charge is 0.478 e. The first-order chi connectivity index (χ1) is 12.8. The van der Waals surface area contributed by atoms with Gasteiger partial charge in [-0.2, -0.15) is 0 Å². The molecule has 0 radical (unpaired) electrons. The van der Waals surface area contributed by atoms with Gasteiger partial charge in [0.1, 0.15) is 5.75 Å². The van der Waals surface area contributed by atoms with Crippen molar-refractivity contribution in [3.8, 4) is 5.75 Å². The van der Waals surface area contributed by atoms with Crippen molar-refractivity contribution < 1.29 is 9.53 Å². The summed E-state index contributed by atoms with van der Waals surface area (Å²) >= 11 is 7.50. The number of carbonyl (C=O) groups is 1. The molecule has 142 valence electrons. The lowest BCUT2D eigenvalue weighted by Gasteiger charge is -2.30. The Hall–Kier alpha value is -1.98. The summed E-state index contributed by atoms with van der Waals surface area (Å²) in [4.78, 5) is 19.3. The molecule has 3 rings (SSSR count). The fourth-order valence-electron chi connectivity index (χ4n) is 2.85. The van der Waals surface area contributed by atoms with Crippen LogP contribution in [0.3, 0.4) is 0 Å². The van der Waals surface area contributed by atoms with Crippen molar-refractivity contribution in [2.24, 2.45) is 4.99 Å². The molecule has 0 unspecified atom stereocenters. The minimum absolute atomic E-state index is 0.0922. The number of hydrogen-bond donors (Lipinski definition) is 0. The van der Waals surface area contributed by atoms with Crippen LogP contribution in [0.2, 0.25) is 5.02 Å². The van der Waals surface area contributed by atoms with Gasteiger partial charge in [0.25, 0.3) is 5.91 Å². The predicted molar refractivity (Wildman–Crippen MR) is 113 cm³/mol. The zero-order valence-electron chi connectivity index (χ0n) is 15.7. The Bertz CT molecular complexity index is 850. The van der Waals surface area contributed by atoms with Crippen molar-refractivity contribution in [3.63, 3.8) is 0 Å². The van der Waals surface area contributed by atoms with E-state index >= 15 is 0 Å². The second kappa shape index (κ2) is 8.36. The first-order valence-electron chi connectivity index (χ1n) is 8.84. The lowest BCUT2D eigenvalue weighted by Crippen LogP contribution is -2.49. The molecule has 6 heteroatoms. The molecule has 2 aromatic carbocycles. The van der Waals surface area contributed by atoms with Gasteiger partial charge in [-0.15, -0.1) is 0 Å². The highest BCUT2D eigenvalue weighted by atomic mass is 35.5. The summed E-state index contributed by atoms with van der Waals surface area (Å²) in [6, 6.07) is 15.4. The van der Waals surface area contributed by atoms with Crippen LogP contribution in [-0.2, 0) is 10.5 Å². The first-order valence-corrected chi connectivity index (χ1v) is 10.2. The van der Waals surface area contributed by atoms with E-state index in [-0.39, 0.29) is 5.91 Å². The molecule has 0 aliphatic carbocycles. The van der Waals surface area contributed by atoms with Crippen LogP contribution in [0, 0.1) is 6.92 Å². The number of hydrogen-bond acceptors (Lipinski definition) is 4. The highest BCUT2D eigenvalue weighted by Crippen LogP contribution is 2.26.